The van der Waals surface area contributed by atoms with Crippen molar-refractivity contribution in [3.63, 3.8) is 0 Å². The number of nitrogen functional groups attached to an aromatic ring is 1. The normalized spacial score (nSPS) is 24.0. The summed E-state index contributed by atoms with van der Waals surface area (Å²) in [5.74, 6) is 2.07. The molecule has 5 heterocycles. The molecule has 1 unspecified atom stereocenters. The van der Waals surface area contributed by atoms with E-state index in [0.29, 0.717) is 17.5 Å². The Labute approximate surface area is 187 Å². The van der Waals surface area contributed by atoms with Crippen LogP contribution in [0.25, 0.3) is 10.9 Å². The number of piperidine rings is 2. The van der Waals surface area contributed by atoms with E-state index >= 15 is 0 Å². The van der Waals surface area contributed by atoms with Crippen LogP contribution in [-0.4, -0.2) is 50.7 Å². The number of aromatic nitrogens is 4. The van der Waals surface area contributed by atoms with Crippen LogP contribution in [0.15, 0.2) is 24.3 Å². The summed E-state index contributed by atoms with van der Waals surface area (Å²) in [7, 11) is -3.19. The van der Waals surface area contributed by atoms with Gasteiger partial charge in [-0.3, -0.25) is 10.1 Å². The van der Waals surface area contributed by atoms with Gasteiger partial charge >= 0.3 is 0 Å². The lowest BCUT2D eigenvalue weighted by atomic mass is 9.78. The molecule has 9 nitrogen and oxygen atoms in total. The Morgan fingerprint density at radius 2 is 1.91 bits per heavy atom. The van der Waals surface area contributed by atoms with Crippen molar-refractivity contribution >= 4 is 38.4 Å². The first kappa shape index (κ1) is 21.1. The van der Waals surface area contributed by atoms with Gasteiger partial charge in [0.05, 0.1) is 11.3 Å². The maximum Gasteiger partial charge on any atom is 0.214 e. The number of nitrogens with zero attached hydrogens (tertiary/aromatic N) is 4. The number of hydrogen-bond acceptors (Lipinski definition) is 7. The van der Waals surface area contributed by atoms with Crippen LogP contribution < -0.4 is 11.1 Å². The smallest absolute Gasteiger partial charge is 0.214 e. The molecular formula is C22H29N7O2S. The Morgan fingerprint density at radius 3 is 2.56 bits per heavy atom. The molecular weight excluding hydrogens is 426 g/mol. The average molecular weight is 456 g/mol. The van der Waals surface area contributed by atoms with Gasteiger partial charge < -0.3 is 11.1 Å². The minimum absolute atomic E-state index is 0.0672. The first-order valence-electron chi connectivity index (χ1n) is 11.2. The molecule has 2 fully saturated rings. The highest BCUT2D eigenvalue weighted by Crippen LogP contribution is 2.43. The third kappa shape index (κ3) is 3.81. The zero-order valence-electron chi connectivity index (χ0n) is 18.4. The molecule has 0 spiro atoms. The number of sulfonamides is 1. The number of fused-ring (bicyclic) bond motifs is 3. The highest BCUT2D eigenvalue weighted by atomic mass is 32.2. The summed E-state index contributed by atoms with van der Waals surface area (Å²) in [4.78, 5) is 9.39. The van der Waals surface area contributed by atoms with Crippen molar-refractivity contribution in [3.05, 3.63) is 35.7 Å². The van der Waals surface area contributed by atoms with Crippen molar-refractivity contribution < 1.29 is 8.42 Å². The molecule has 32 heavy (non-hydrogen) atoms. The fourth-order valence-corrected chi connectivity index (χ4v) is 6.85. The molecule has 5 rings (SSSR count). The number of pyridine rings is 2. The third-order valence-electron chi connectivity index (χ3n) is 6.71. The lowest BCUT2D eigenvalue weighted by Gasteiger charge is -2.47. The second-order valence-electron chi connectivity index (χ2n) is 8.89. The first-order chi connectivity index (χ1) is 15.3. The molecule has 4 N–H and O–H groups in total. The molecule has 0 radical (unpaired) electrons. The molecule has 0 amide bonds. The largest absolute Gasteiger partial charge is 0.383 e. The topological polar surface area (TPSA) is 130 Å². The maximum atomic E-state index is 12.7. The van der Waals surface area contributed by atoms with E-state index in [9.17, 15) is 8.42 Å². The Balaban J connectivity index is 1.44. The molecule has 170 valence electrons. The summed E-state index contributed by atoms with van der Waals surface area (Å²) in [5, 5.41) is 11.1. The summed E-state index contributed by atoms with van der Waals surface area (Å²) in [6, 6.07) is 7.91. The number of anilines is 3. The Kier molecular flexibility index (Phi) is 5.29. The molecule has 0 saturated carbocycles. The van der Waals surface area contributed by atoms with Gasteiger partial charge in [0.1, 0.15) is 11.6 Å². The number of hydrogen-bond donors (Lipinski definition) is 3. The fourth-order valence-electron chi connectivity index (χ4n) is 5.26. The van der Waals surface area contributed by atoms with Crippen molar-refractivity contribution in [2.75, 3.05) is 16.8 Å². The van der Waals surface area contributed by atoms with Crippen molar-refractivity contribution in [2.24, 2.45) is 0 Å². The predicted molar refractivity (Wildman–Crippen MR) is 125 cm³/mol. The van der Waals surface area contributed by atoms with Gasteiger partial charge in [0.15, 0.2) is 5.82 Å². The molecule has 0 aliphatic carbocycles. The third-order valence-corrected chi connectivity index (χ3v) is 8.68. The van der Waals surface area contributed by atoms with Gasteiger partial charge in [-0.15, -0.1) is 0 Å². The molecule has 2 aliphatic heterocycles. The van der Waals surface area contributed by atoms with Gasteiger partial charge in [-0.2, -0.15) is 9.40 Å². The predicted octanol–water partition coefficient (Wildman–Crippen LogP) is 3.44. The molecule has 3 aromatic rings. The SMILES string of the molecule is CCS(=O)(=O)N1[C@@H]2CCC[C@H]1CC(c1ccc3c(N)nc(Nc4cc(C)[nH]n4)cc3n1)C2. The van der Waals surface area contributed by atoms with Gasteiger partial charge in [-0.1, -0.05) is 6.42 Å². The van der Waals surface area contributed by atoms with Crippen molar-refractivity contribution in [3.8, 4) is 0 Å². The molecule has 10 heteroatoms. The summed E-state index contributed by atoms with van der Waals surface area (Å²) in [6.07, 6.45) is 4.56. The van der Waals surface area contributed by atoms with Crippen molar-refractivity contribution in [1.29, 1.82) is 0 Å². The monoisotopic (exact) mass is 455 g/mol. The molecule has 2 saturated heterocycles. The van der Waals surface area contributed by atoms with E-state index in [0.717, 1.165) is 54.4 Å². The van der Waals surface area contributed by atoms with Gasteiger partial charge in [-0.05, 0) is 51.7 Å². The van der Waals surface area contributed by atoms with Crippen molar-refractivity contribution in [2.45, 2.75) is 64.0 Å². The number of nitrogens with one attached hydrogen (secondary N) is 2. The van der Waals surface area contributed by atoms with Crippen molar-refractivity contribution in [1.82, 2.24) is 24.5 Å². The van der Waals surface area contributed by atoms with E-state index in [-0.39, 0.29) is 23.8 Å². The highest BCUT2D eigenvalue weighted by Gasteiger charge is 2.44. The van der Waals surface area contributed by atoms with E-state index in [4.69, 9.17) is 10.7 Å². The lowest BCUT2D eigenvalue weighted by Crippen LogP contribution is -2.54. The second kappa shape index (κ2) is 8.00. The van der Waals surface area contributed by atoms with E-state index in [1.165, 1.54) is 0 Å². The van der Waals surface area contributed by atoms with Gasteiger partial charge in [-0.25, -0.2) is 13.4 Å². The van der Waals surface area contributed by atoms with Gasteiger partial charge in [0, 0.05) is 46.9 Å². The van der Waals surface area contributed by atoms with Gasteiger partial charge in [0.2, 0.25) is 10.0 Å². The number of nitrogens with two attached hydrogens (primary N) is 1. The summed E-state index contributed by atoms with van der Waals surface area (Å²) >= 11 is 0. The molecule has 0 aromatic carbocycles. The lowest BCUT2D eigenvalue weighted by molar-refractivity contribution is 0.109. The Morgan fingerprint density at radius 1 is 1.16 bits per heavy atom. The van der Waals surface area contributed by atoms with Crippen LogP contribution in [0.4, 0.5) is 17.5 Å². The number of H-pyrrole nitrogens is 1. The van der Waals surface area contributed by atoms with Crippen LogP contribution in [0.1, 0.15) is 56.3 Å². The minimum Gasteiger partial charge on any atom is -0.383 e. The Bertz CT molecular complexity index is 1240. The van der Waals surface area contributed by atoms with Crippen LogP contribution in [0.5, 0.6) is 0 Å². The maximum absolute atomic E-state index is 12.7. The summed E-state index contributed by atoms with van der Waals surface area (Å²) in [6.45, 7) is 3.66. The second-order valence-corrected chi connectivity index (χ2v) is 11.1. The van der Waals surface area contributed by atoms with Gasteiger partial charge in [0.25, 0.3) is 0 Å². The highest BCUT2D eigenvalue weighted by molar-refractivity contribution is 7.89. The quantitative estimate of drug-likeness (QED) is 0.537. The molecule has 2 aliphatic rings. The van der Waals surface area contributed by atoms with Crippen LogP contribution in [0.3, 0.4) is 0 Å². The summed E-state index contributed by atoms with van der Waals surface area (Å²) < 4.78 is 27.2. The number of rotatable bonds is 5. The van der Waals surface area contributed by atoms with E-state index < -0.39 is 10.0 Å². The zero-order valence-corrected chi connectivity index (χ0v) is 19.2. The fraction of sp³-hybridized carbons (Fsp3) is 0.500. The average Bonchev–Trinajstić information content (AvgIpc) is 3.16. The minimum atomic E-state index is -3.19. The van der Waals surface area contributed by atoms with Crippen LogP contribution >= 0.6 is 0 Å². The van der Waals surface area contributed by atoms with E-state index in [2.05, 4.69) is 20.5 Å². The van der Waals surface area contributed by atoms with Crippen LogP contribution in [-0.2, 0) is 10.0 Å². The standard InChI is InChI=1S/C22H29N7O2S/c1-3-32(30,31)29-15-5-4-6-16(29)11-14(10-15)18-8-7-17-19(24-18)12-20(26-22(17)23)25-21-9-13(2)27-28-21/h7-9,12,14-16H,3-6,10-11H2,1-2H3,(H4,23,25,26,27,28)/t14?,15-,16+. The molecule has 3 aromatic heterocycles. The molecule has 3 atom stereocenters. The molecule has 2 bridgehead atoms. The zero-order chi connectivity index (χ0) is 22.5. The number of aromatic amines is 1. The first-order valence-corrected chi connectivity index (χ1v) is 12.8. The van der Waals surface area contributed by atoms with E-state index in [1.807, 2.05) is 35.5 Å². The van der Waals surface area contributed by atoms with E-state index in [1.54, 1.807) is 6.92 Å². The Hall–Kier alpha value is -2.72. The van der Waals surface area contributed by atoms with Crippen LogP contribution in [0.2, 0.25) is 0 Å². The summed E-state index contributed by atoms with van der Waals surface area (Å²) in [5.41, 5.74) is 8.93. The number of aryl methyl sites for hydroxylation is 1. The van der Waals surface area contributed by atoms with Crippen LogP contribution in [0, 0.1) is 6.92 Å².